The first-order chi connectivity index (χ1) is 10.0. The number of carbonyl (C=O) groups excluding carboxylic acids is 2. The molecule has 0 unspecified atom stereocenters. The monoisotopic (exact) mass is 290 g/mol. The average molecular weight is 290 g/mol. The summed E-state index contributed by atoms with van der Waals surface area (Å²) in [5.41, 5.74) is 2.38. The molecule has 0 spiro atoms. The maximum atomic E-state index is 11.9. The summed E-state index contributed by atoms with van der Waals surface area (Å²) in [7, 11) is 0. The number of carbonyl (C=O) groups is 2. The van der Waals surface area contributed by atoms with Crippen LogP contribution in [0.15, 0.2) is 18.2 Å². The van der Waals surface area contributed by atoms with Crippen LogP contribution < -0.4 is 10.6 Å². The van der Waals surface area contributed by atoms with Crippen LogP contribution in [0.5, 0.6) is 0 Å². The fourth-order valence-electron chi connectivity index (χ4n) is 2.20. The minimum Gasteiger partial charge on any atom is -0.326 e. The molecule has 0 heterocycles. The van der Waals surface area contributed by atoms with E-state index in [9.17, 15) is 9.59 Å². The van der Waals surface area contributed by atoms with Gasteiger partial charge in [-0.3, -0.25) is 9.59 Å². The Labute approximate surface area is 127 Å². The second kappa shape index (κ2) is 9.16. The number of hydrogen-bond acceptors (Lipinski definition) is 2. The van der Waals surface area contributed by atoms with Gasteiger partial charge in [-0.15, -0.1) is 0 Å². The van der Waals surface area contributed by atoms with E-state index in [1.807, 2.05) is 25.1 Å². The van der Waals surface area contributed by atoms with Crippen molar-refractivity contribution in [2.24, 2.45) is 0 Å². The maximum absolute atomic E-state index is 11.9. The Bertz CT molecular complexity index is 484. The first-order valence-corrected chi connectivity index (χ1v) is 7.71. The molecule has 0 aliphatic rings. The lowest BCUT2D eigenvalue weighted by molar-refractivity contribution is -0.116. The summed E-state index contributed by atoms with van der Waals surface area (Å²) in [4.78, 5) is 23.1. The third-order valence-corrected chi connectivity index (χ3v) is 3.43. The average Bonchev–Trinajstić information content (AvgIpc) is 2.42. The fourth-order valence-corrected chi connectivity index (χ4v) is 2.20. The van der Waals surface area contributed by atoms with Crippen molar-refractivity contribution in [3.63, 3.8) is 0 Å². The summed E-state index contributed by atoms with van der Waals surface area (Å²) in [6.07, 6.45) is 6.22. The molecule has 0 aliphatic carbocycles. The van der Waals surface area contributed by atoms with Gasteiger partial charge in [-0.1, -0.05) is 38.7 Å². The van der Waals surface area contributed by atoms with Crippen molar-refractivity contribution in [1.29, 1.82) is 0 Å². The van der Waals surface area contributed by atoms with Crippen LogP contribution in [0.2, 0.25) is 0 Å². The van der Waals surface area contributed by atoms with Gasteiger partial charge in [-0.05, 0) is 31.0 Å². The fraction of sp³-hybridized carbons (Fsp3) is 0.529. The molecule has 0 atom stereocenters. The molecule has 0 saturated carbocycles. The van der Waals surface area contributed by atoms with Crippen molar-refractivity contribution in [3.8, 4) is 0 Å². The molecule has 4 nitrogen and oxygen atoms in total. The van der Waals surface area contributed by atoms with Crippen molar-refractivity contribution in [1.82, 2.24) is 0 Å². The summed E-state index contributed by atoms with van der Waals surface area (Å²) in [5, 5.41) is 5.69. The van der Waals surface area contributed by atoms with Crippen LogP contribution in [0.4, 0.5) is 11.4 Å². The van der Waals surface area contributed by atoms with E-state index in [2.05, 4.69) is 17.6 Å². The molecule has 0 bridgehead atoms. The molecule has 0 aromatic heterocycles. The Hall–Kier alpha value is -1.84. The number of nitrogens with one attached hydrogen (secondary N) is 2. The summed E-state index contributed by atoms with van der Waals surface area (Å²) in [5.74, 6) is -0.0768. The first kappa shape index (κ1) is 17.2. The smallest absolute Gasteiger partial charge is 0.224 e. The van der Waals surface area contributed by atoms with Crippen LogP contribution in [0, 0.1) is 6.92 Å². The lowest BCUT2D eigenvalue weighted by Crippen LogP contribution is -2.13. The van der Waals surface area contributed by atoms with Crippen molar-refractivity contribution in [2.75, 3.05) is 10.6 Å². The molecule has 4 heteroatoms. The van der Waals surface area contributed by atoms with E-state index in [1.54, 1.807) is 0 Å². The largest absolute Gasteiger partial charge is 0.326 e. The highest BCUT2D eigenvalue weighted by molar-refractivity contribution is 5.95. The predicted octanol–water partition coefficient (Wildman–Crippen LogP) is 4.25. The standard InChI is InChI=1S/C17H26N2O2/c1-4-5-6-7-8-12-17(21)19-16-11-9-10-15(13(16)2)18-14(3)20/h9-11H,4-8,12H2,1-3H3,(H,18,20)(H,19,21). The molecule has 2 amide bonds. The Morgan fingerprint density at radius 2 is 1.62 bits per heavy atom. The van der Waals surface area contributed by atoms with Crippen LogP contribution in [0.3, 0.4) is 0 Å². The number of rotatable bonds is 8. The van der Waals surface area contributed by atoms with Crippen molar-refractivity contribution < 1.29 is 9.59 Å². The second-order valence-electron chi connectivity index (χ2n) is 5.37. The highest BCUT2D eigenvalue weighted by atomic mass is 16.2. The molecule has 0 radical (unpaired) electrons. The van der Waals surface area contributed by atoms with Gasteiger partial charge in [0.1, 0.15) is 0 Å². The SMILES string of the molecule is CCCCCCCC(=O)Nc1cccc(NC(C)=O)c1C. The molecule has 0 fully saturated rings. The van der Waals surface area contributed by atoms with Crippen molar-refractivity contribution in [3.05, 3.63) is 23.8 Å². The molecular weight excluding hydrogens is 264 g/mol. The lowest BCUT2D eigenvalue weighted by atomic mass is 10.1. The second-order valence-corrected chi connectivity index (χ2v) is 5.37. The highest BCUT2D eigenvalue weighted by Gasteiger charge is 2.08. The van der Waals surface area contributed by atoms with Gasteiger partial charge in [-0.25, -0.2) is 0 Å². The zero-order chi connectivity index (χ0) is 15.7. The van der Waals surface area contributed by atoms with E-state index in [0.717, 1.165) is 29.8 Å². The van der Waals surface area contributed by atoms with E-state index in [0.29, 0.717) is 6.42 Å². The molecule has 1 aromatic carbocycles. The summed E-state index contributed by atoms with van der Waals surface area (Å²) >= 11 is 0. The zero-order valence-electron chi connectivity index (χ0n) is 13.3. The zero-order valence-corrected chi connectivity index (χ0v) is 13.3. The third-order valence-electron chi connectivity index (χ3n) is 3.43. The molecule has 1 rings (SSSR count). The normalized spacial score (nSPS) is 10.2. The molecule has 0 aliphatic heterocycles. The number of anilines is 2. The summed E-state index contributed by atoms with van der Waals surface area (Å²) < 4.78 is 0. The van der Waals surface area contributed by atoms with Gasteiger partial charge in [-0.2, -0.15) is 0 Å². The van der Waals surface area contributed by atoms with E-state index in [1.165, 1.54) is 26.2 Å². The van der Waals surface area contributed by atoms with Crippen LogP contribution in [0.1, 0.15) is 57.9 Å². The van der Waals surface area contributed by atoms with E-state index in [-0.39, 0.29) is 11.8 Å². The minimum absolute atomic E-state index is 0.0366. The molecular formula is C17H26N2O2. The van der Waals surface area contributed by atoms with E-state index in [4.69, 9.17) is 0 Å². The lowest BCUT2D eigenvalue weighted by Gasteiger charge is -2.12. The topological polar surface area (TPSA) is 58.2 Å². The van der Waals surface area contributed by atoms with Gasteiger partial charge in [0.25, 0.3) is 0 Å². The van der Waals surface area contributed by atoms with Gasteiger partial charge in [0.15, 0.2) is 0 Å². The van der Waals surface area contributed by atoms with Crippen LogP contribution in [-0.4, -0.2) is 11.8 Å². The van der Waals surface area contributed by atoms with Gasteiger partial charge < -0.3 is 10.6 Å². The summed E-state index contributed by atoms with van der Waals surface area (Å²) in [6, 6.07) is 5.52. The molecule has 2 N–H and O–H groups in total. The van der Waals surface area contributed by atoms with Crippen LogP contribution >= 0.6 is 0 Å². The van der Waals surface area contributed by atoms with Gasteiger partial charge >= 0.3 is 0 Å². The van der Waals surface area contributed by atoms with Gasteiger partial charge in [0.2, 0.25) is 11.8 Å². The van der Waals surface area contributed by atoms with E-state index >= 15 is 0 Å². The maximum Gasteiger partial charge on any atom is 0.224 e. The number of unbranched alkanes of at least 4 members (excludes halogenated alkanes) is 4. The van der Waals surface area contributed by atoms with Crippen molar-refractivity contribution >= 4 is 23.2 Å². The first-order valence-electron chi connectivity index (χ1n) is 7.71. The molecule has 116 valence electrons. The van der Waals surface area contributed by atoms with Gasteiger partial charge in [0, 0.05) is 24.7 Å². The Morgan fingerprint density at radius 3 is 2.24 bits per heavy atom. The van der Waals surface area contributed by atoms with Crippen LogP contribution in [0.25, 0.3) is 0 Å². The molecule has 1 aromatic rings. The Balaban J connectivity index is 2.50. The van der Waals surface area contributed by atoms with Crippen LogP contribution in [-0.2, 0) is 9.59 Å². The molecule has 0 saturated heterocycles. The van der Waals surface area contributed by atoms with E-state index < -0.39 is 0 Å². The number of hydrogen-bond donors (Lipinski definition) is 2. The Kier molecular flexibility index (Phi) is 7.51. The number of amides is 2. The number of benzene rings is 1. The third kappa shape index (κ3) is 6.43. The van der Waals surface area contributed by atoms with Crippen molar-refractivity contribution in [2.45, 2.75) is 59.3 Å². The minimum atomic E-state index is -0.113. The summed E-state index contributed by atoms with van der Waals surface area (Å²) in [6.45, 7) is 5.54. The quantitative estimate of drug-likeness (QED) is 0.703. The Morgan fingerprint density at radius 1 is 1.00 bits per heavy atom. The molecule has 21 heavy (non-hydrogen) atoms. The van der Waals surface area contributed by atoms with Gasteiger partial charge in [0.05, 0.1) is 0 Å². The predicted molar refractivity (Wildman–Crippen MR) is 87.5 cm³/mol. The highest BCUT2D eigenvalue weighted by Crippen LogP contribution is 2.23.